The summed E-state index contributed by atoms with van der Waals surface area (Å²) in [6, 6.07) is 0. The zero-order valence-electron chi connectivity index (χ0n) is 4.77. The van der Waals surface area contributed by atoms with Crippen molar-refractivity contribution in [2.75, 3.05) is 0 Å². The van der Waals surface area contributed by atoms with Gasteiger partial charge in [0.05, 0.1) is 0 Å². The van der Waals surface area contributed by atoms with Crippen molar-refractivity contribution < 1.29 is 0 Å². The summed E-state index contributed by atoms with van der Waals surface area (Å²) in [4.78, 5) is 1.14. The van der Waals surface area contributed by atoms with Crippen molar-refractivity contribution in [3.05, 3.63) is 23.0 Å². The second-order valence-corrected chi connectivity index (χ2v) is 2.49. The van der Waals surface area contributed by atoms with E-state index >= 15 is 0 Å². The van der Waals surface area contributed by atoms with Gasteiger partial charge in [-0.3, -0.25) is 0 Å². The van der Waals surface area contributed by atoms with Crippen LogP contribution < -0.4 is 0 Å². The zero-order valence-corrected chi connectivity index (χ0v) is 5.59. The first-order valence-corrected chi connectivity index (χ1v) is 3.08. The third kappa shape index (κ3) is 5.83. The zero-order chi connectivity index (χ0) is 5.70. The predicted molar refractivity (Wildman–Crippen MR) is 37.2 cm³/mol. The fourth-order valence-electron chi connectivity index (χ4n) is 0.184. The molecule has 0 bridgehead atoms. The van der Waals surface area contributed by atoms with Crippen LogP contribution in [0.1, 0.15) is 13.8 Å². The van der Waals surface area contributed by atoms with Gasteiger partial charge in [-0.2, -0.15) is 0 Å². The predicted octanol–water partition coefficient (Wildman–Crippen LogP) is 2.79. The van der Waals surface area contributed by atoms with Crippen LogP contribution >= 0.6 is 11.8 Å². The molecule has 0 saturated carbocycles. The molecule has 0 aliphatic carbocycles. The summed E-state index contributed by atoms with van der Waals surface area (Å²) in [5.74, 6) is 0. The summed E-state index contributed by atoms with van der Waals surface area (Å²) < 4.78 is 0. The van der Waals surface area contributed by atoms with Gasteiger partial charge in [-0.05, 0) is 24.2 Å². The molecule has 0 aliphatic rings. The van der Waals surface area contributed by atoms with Gasteiger partial charge in [0.25, 0.3) is 0 Å². The lowest BCUT2D eigenvalue weighted by atomic mass is 10.8. The summed E-state index contributed by atoms with van der Waals surface area (Å²) in [5, 5.41) is 2.02. The van der Waals surface area contributed by atoms with Crippen LogP contribution in [-0.4, -0.2) is 0 Å². The lowest BCUT2D eigenvalue weighted by molar-refractivity contribution is 1.73. The van der Waals surface area contributed by atoms with Crippen LogP contribution in [0, 0.1) is 0 Å². The van der Waals surface area contributed by atoms with E-state index in [0.29, 0.717) is 0 Å². The van der Waals surface area contributed by atoms with Gasteiger partial charge < -0.3 is 0 Å². The number of thioether (sulfide) groups is 1. The third-order valence-electron chi connectivity index (χ3n) is 0.405. The second-order valence-electron chi connectivity index (χ2n) is 1.29. The topological polar surface area (TPSA) is 0 Å². The molecule has 0 radical (unpaired) electrons. The molecule has 0 rings (SSSR count). The van der Waals surface area contributed by atoms with E-state index in [9.17, 15) is 0 Å². The SMILES string of the molecule is C=C(C)SC=CC. The number of allylic oxidation sites excluding steroid dienone is 2. The first-order valence-electron chi connectivity index (χ1n) is 2.20. The highest BCUT2D eigenvalue weighted by Gasteiger charge is 1.73. The molecule has 0 aliphatic heterocycles. The number of hydrogen-bond acceptors (Lipinski definition) is 1. The molecule has 0 aromatic carbocycles. The first kappa shape index (κ1) is 6.83. The maximum absolute atomic E-state index is 3.70. The van der Waals surface area contributed by atoms with Crippen LogP contribution in [0.5, 0.6) is 0 Å². The maximum Gasteiger partial charge on any atom is -0.0211 e. The molecule has 0 nitrogen and oxygen atoms in total. The Morgan fingerprint density at radius 1 is 1.71 bits per heavy atom. The Labute approximate surface area is 49.3 Å². The Kier molecular flexibility index (Phi) is 3.90. The van der Waals surface area contributed by atoms with E-state index in [1.165, 1.54) is 0 Å². The molecule has 0 aromatic heterocycles. The van der Waals surface area contributed by atoms with Crippen LogP contribution in [0.2, 0.25) is 0 Å². The van der Waals surface area contributed by atoms with Gasteiger partial charge in [0.2, 0.25) is 0 Å². The Morgan fingerprint density at radius 2 is 2.29 bits per heavy atom. The van der Waals surface area contributed by atoms with Gasteiger partial charge in [0.1, 0.15) is 0 Å². The summed E-state index contributed by atoms with van der Waals surface area (Å²) in [6.45, 7) is 7.69. The molecule has 40 valence electrons. The lowest BCUT2D eigenvalue weighted by Gasteiger charge is -1.84. The molecule has 0 spiro atoms. The highest BCUT2D eigenvalue weighted by Crippen LogP contribution is 2.11. The number of rotatable bonds is 2. The standard InChI is InChI=1S/C6H10S/c1-4-5-7-6(2)3/h4-5H,2H2,1,3H3. The molecular formula is C6H10S. The van der Waals surface area contributed by atoms with Crippen molar-refractivity contribution >= 4 is 11.8 Å². The molecule has 0 aromatic rings. The Hall–Kier alpha value is -0.170. The molecule has 0 saturated heterocycles. The van der Waals surface area contributed by atoms with Crippen LogP contribution in [0.4, 0.5) is 0 Å². The average molecular weight is 114 g/mol. The summed E-state index contributed by atoms with van der Waals surface area (Å²) in [7, 11) is 0. The minimum atomic E-state index is 1.14. The average Bonchev–Trinajstić information content (AvgIpc) is 1.61. The van der Waals surface area contributed by atoms with Crippen molar-refractivity contribution in [2.24, 2.45) is 0 Å². The second kappa shape index (κ2) is 4.00. The highest BCUT2D eigenvalue weighted by atomic mass is 32.2. The van der Waals surface area contributed by atoms with E-state index in [4.69, 9.17) is 0 Å². The van der Waals surface area contributed by atoms with Crippen molar-refractivity contribution in [3.63, 3.8) is 0 Å². The molecule has 0 heterocycles. The Bertz CT molecular complexity index is 82.2. The van der Waals surface area contributed by atoms with E-state index in [1.54, 1.807) is 11.8 Å². The smallest absolute Gasteiger partial charge is 0.0211 e. The van der Waals surface area contributed by atoms with Crippen LogP contribution in [0.25, 0.3) is 0 Å². The van der Waals surface area contributed by atoms with Gasteiger partial charge in [-0.25, -0.2) is 0 Å². The summed E-state index contributed by atoms with van der Waals surface area (Å²) >= 11 is 1.66. The van der Waals surface area contributed by atoms with Crippen LogP contribution in [0.3, 0.4) is 0 Å². The minimum absolute atomic E-state index is 1.14. The van der Waals surface area contributed by atoms with Gasteiger partial charge in [-0.1, -0.05) is 12.7 Å². The molecule has 1 heteroatoms. The van der Waals surface area contributed by atoms with E-state index in [2.05, 4.69) is 6.58 Å². The quantitative estimate of drug-likeness (QED) is 0.532. The van der Waals surface area contributed by atoms with Crippen LogP contribution in [0.15, 0.2) is 23.0 Å². The monoisotopic (exact) mass is 114 g/mol. The maximum atomic E-state index is 3.70. The van der Waals surface area contributed by atoms with Crippen molar-refractivity contribution in [1.29, 1.82) is 0 Å². The molecule has 7 heavy (non-hydrogen) atoms. The van der Waals surface area contributed by atoms with Crippen molar-refractivity contribution in [3.8, 4) is 0 Å². The molecule has 0 unspecified atom stereocenters. The highest BCUT2D eigenvalue weighted by molar-refractivity contribution is 8.05. The fraction of sp³-hybridized carbons (Fsp3) is 0.333. The molecule has 0 atom stereocenters. The van der Waals surface area contributed by atoms with Gasteiger partial charge >= 0.3 is 0 Å². The van der Waals surface area contributed by atoms with E-state index in [0.717, 1.165) is 4.91 Å². The molecule has 0 amide bonds. The van der Waals surface area contributed by atoms with Gasteiger partial charge in [0.15, 0.2) is 0 Å². The minimum Gasteiger partial charge on any atom is -0.104 e. The van der Waals surface area contributed by atoms with E-state index < -0.39 is 0 Å². The van der Waals surface area contributed by atoms with Gasteiger partial charge in [0, 0.05) is 0 Å². The normalized spacial score (nSPS) is 10.0. The molecule has 0 N–H and O–H groups in total. The lowest BCUT2D eigenvalue weighted by Crippen LogP contribution is -1.51. The summed E-state index contributed by atoms with van der Waals surface area (Å²) in [5.41, 5.74) is 0. The Morgan fingerprint density at radius 3 is 2.43 bits per heavy atom. The Balaban J connectivity index is 3.14. The molecule has 0 fully saturated rings. The summed E-state index contributed by atoms with van der Waals surface area (Å²) in [6.07, 6.45) is 2.00. The van der Waals surface area contributed by atoms with E-state index in [1.807, 2.05) is 25.3 Å². The number of hydrogen-bond donors (Lipinski definition) is 0. The third-order valence-corrected chi connectivity index (χ3v) is 1.22. The largest absolute Gasteiger partial charge is 0.104 e. The van der Waals surface area contributed by atoms with Crippen LogP contribution in [-0.2, 0) is 0 Å². The van der Waals surface area contributed by atoms with E-state index in [-0.39, 0.29) is 0 Å². The fourth-order valence-corrected chi connectivity index (χ4v) is 0.553. The van der Waals surface area contributed by atoms with Crippen molar-refractivity contribution in [1.82, 2.24) is 0 Å². The molecular weight excluding hydrogens is 104 g/mol. The van der Waals surface area contributed by atoms with Gasteiger partial charge in [-0.15, -0.1) is 11.8 Å². The first-order chi connectivity index (χ1) is 3.27. The van der Waals surface area contributed by atoms with Crippen molar-refractivity contribution in [2.45, 2.75) is 13.8 Å².